The molecular weight excluding hydrogens is 308 g/mol. The van der Waals surface area contributed by atoms with E-state index in [0.717, 1.165) is 16.7 Å². The number of rotatable bonds is 4. The number of aryl methyl sites for hydroxylation is 1. The fraction of sp³-hybridized carbons (Fsp3) is 0.235. The van der Waals surface area contributed by atoms with Crippen LogP contribution in [0.15, 0.2) is 30.5 Å². The van der Waals surface area contributed by atoms with E-state index in [4.69, 9.17) is 10.8 Å². The molecule has 7 heteroatoms. The van der Waals surface area contributed by atoms with Gasteiger partial charge in [-0.15, -0.1) is 0 Å². The van der Waals surface area contributed by atoms with Gasteiger partial charge in [-0.05, 0) is 50.1 Å². The third kappa shape index (κ3) is 4.01. The van der Waals surface area contributed by atoms with Crippen LogP contribution >= 0.6 is 0 Å². The van der Waals surface area contributed by atoms with Crippen LogP contribution in [0.1, 0.15) is 29.8 Å². The van der Waals surface area contributed by atoms with Gasteiger partial charge < -0.3 is 16.2 Å². The largest absolute Gasteiger partial charge is 0.465 e. The number of carbonyl (C=O) groups excluding carboxylic acids is 1. The molecule has 0 unspecified atom stereocenters. The summed E-state index contributed by atoms with van der Waals surface area (Å²) in [6.07, 6.45) is 0.470. The Balaban J connectivity index is 2.39. The van der Waals surface area contributed by atoms with E-state index in [1.807, 2.05) is 20.8 Å². The summed E-state index contributed by atoms with van der Waals surface area (Å²) in [6, 6.07) is 6.82. The van der Waals surface area contributed by atoms with Crippen molar-refractivity contribution in [2.45, 2.75) is 26.8 Å². The Bertz CT molecular complexity index is 787. The first-order valence-electron chi connectivity index (χ1n) is 7.45. The predicted molar refractivity (Wildman–Crippen MR) is 93.1 cm³/mol. The lowest BCUT2D eigenvalue weighted by Gasteiger charge is -2.13. The molecule has 0 radical (unpaired) electrons. The fourth-order valence-electron chi connectivity index (χ4n) is 2.33. The fourth-order valence-corrected chi connectivity index (χ4v) is 2.33. The lowest BCUT2D eigenvalue weighted by atomic mass is 9.99. The molecule has 0 spiro atoms. The second-order valence-electron chi connectivity index (χ2n) is 5.74. The van der Waals surface area contributed by atoms with Crippen LogP contribution in [-0.4, -0.2) is 28.1 Å². The van der Waals surface area contributed by atoms with Crippen molar-refractivity contribution in [1.29, 1.82) is 0 Å². The molecule has 2 rings (SSSR count). The van der Waals surface area contributed by atoms with E-state index in [-0.39, 0.29) is 17.8 Å². The second-order valence-corrected chi connectivity index (χ2v) is 5.74. The van der Waals surface area contributed by atoms with Gasteiger partial charge in [0.25, 0.3) is 5.91 Å². The van der Waals surface area contributed by atoms with Crippen LogP contribution < -0.4 is 16.4 Å². The molecule has 0 saturated carbocycles. The zero-order valence-corrected chi connectivity index (χ0v) is 13.8. The molecule has 1 heterocycles. The van der Waals surface area contributed by atoms with Gasteiger partial charge in [0.2, 0.25) is 0 Å². The lowest BCUT2D eigenvalue weighted by molar-refractivity contribution is 0.0943. The van der Waals surface area contributed by atoms with Gasteiger partial charge in [-0.2, -0.15) is 0 Å². The first-order chi connectivity index (χ1) is 11.3. The molecule has 0 saturated heterocycles. The summed E-state index contributed by atoms with van der Waals surface area (Å²) in [5, 5.41) is 13.9. The molecule has 2 aromatic rings. The smallest absolute Gasteiger partial charge is 0.409 e. The van der Waals surface area contributed by atoms with Crippen molar-refractivity contribution in [3.8, 4) is 11.1 Å². The Labute approximate surface area is 139 Å². The third-order valence-corrected chi connectivity index (χ3v) is 3.37. The molecule has 0 atom stereocenters. The Kier molecular flexibility index (Phi) is 5.03. The second kappa shape index (κ2) is 6.99. The maximum atomic E-state index is 12.2. The van der Waals surface area contributed by atoms with Crippen LogP contribution in [0.3, 0.4) is 0 Å². The van der Waals surface area contributed by atoms with Gasteiger partial charge in [0.1, 0.15) is 5.82 Å². The van der Waals surface area contributed by atoms with Crippen molar-refractivity contribution in [1.82, 2.24) is 10.3 Å². The number of nitrogens with one attached hydrogen (secondary N) is 2. The van der Waals surface area contributed by atoms with Gasteiger partial charge in [0, 0.05) is 23.5 Å². The summed E-state index contributed by atoms with van der Waals surface area (Å²) in [7, 11) is 0. The highest BCUT2D eigenvalue weighted by atomic mass is 16.4. The first-order valence-corrected chi connectivity index (χ1v) is 7.45. The molecule has 24 heavy (non-hydrogen) atoms. The van der Waals surface area contributed by atoms with Crippen LogP contribution in [0, 0.1) is 6.92 Å². The van der Waals surface area contributed by atoms with Gasteiger partial charge in [0.15, 0.2) is 0 Å². The number of pyridine rings is 1. The van der Waals surface area contributed by atoms with Gasteiger partial charge in [-0.1, -0.05) is 6.07 Å². The quantitative estimate of drug-likeness (QED) is 0.688. The van der Waals surface area contributed by atoms with E-state index in [0.29, 0.717) is 11.3 Å². The molecule has 0 aliphatic heterocycles. The highest BCUT2D eigenvalue weighted by Gasteiger charge is 2.14. The van der Waals surface area contributed by atoms with Gasteiger partial charge in [-0.3, -0.25) is 10.1 Å². The average Bonchev–Trinajstić information content (AvgIpc) is 2.47. The number of aromatic nitrogens is 1. The minimum absolute atomic E-state index is 0.0105. The van der Waals surface area contributed by atoms with Crippen molar-refractivity contribution in [2.24, 2.45) is 0 Å². The van der Waals surface area contributed by atoms with Crippen LogP contribution in [0.5, 0.6) is 0 Å². The zero-order chi connectivity index (χ0) is 17.9. The number of anilines is 2. The minimum atomic E-state index is -1.12. The van der Waals surface area contributed by atoms with E-state index in [1.165, 1.54) is 0 Å². The summed E-state index contributed by atoms with van der Waals surface area (Å²) in [5.74, 6) is -0.114. The van der Waals surface area contributed by atoms with Crippen molar-refractivity contribution >= 4 is 23.5 Å². The van der Waals surface area contributed by atoms with Crippen molar-refractivity contribution in [3.63, 3.8) is 0 Å². The molecule has 1 aromatic carbocycles. The van der Waals surface area contributed by atoms with E-state index in [9.17, 15) is 9.59 Å². The zero-order valence-electron chi connectivity index (χ0n) is 13.8. The molecule has 7 nitrogen and oxygen atoms in total. The summed E-state index contributed by atoms with van der Waals surface area (Å²) >= 11 is 0. The van der Waals surface area contributed by atoms with Gasteiger partial charge in [-0.25, -0.2) is 9.78 Å². The monoisotopic (exact) mass is 328 g/mol. The van der Waals surface area contributed by atoms with Crippen molar-refractivity contribution in [2.75, 3.05) is 11.1 Å². The number of carboxylic acid groups (broad SMARTS) is 1. The molecule has 2 amide bonds. The highest BCUT2D eigenvalue weighted by Crippen LogP contribution is 2.27. The number of benzene rings is 1. The number of amides is 2. The van der Waals surface area contributed by atoms with Gasteiger partial charge in [0.05, 0.1) is 5.56 Å². The molecule has 0 bridgehead atoms. The Morgan fingerprint density at radius 2 is 1.96 bits per heavy atom. The van der Waals surface area contributed by atoms with Crippen LogP contribution in [0.25, 0.3) is 11.1 Å². The van der Waals surface area contributed by atoms with Crippen LogP contribution in [0.2, 0.25) is 0 Å². The Morgan fingerprint density at radius 3 is 2.54 bits per heavy atom. The molecule has 0 fully saturated rings. The summed E-state index contributed by atoms with van der Waals surface area (Å²) in [5.41, 5.74) is 9.03. The van der Waals surface area contributed by atoms with Crippen LogP contribution in [-0.2, 0) is 0 Å². The summed E-state index contributed by atoms with van der Waals surface area (Å²) in [6.45, 7) is 5.58. The van der Waals surface area contributed by atoms with Crippen molar-refractivity contribution < 1.29 is 14.7 Å². The molecular formula is C17H20N4O3. The van der Waals surface area contributed by atoms with Crippen LogP contribution in [0.4, 0.5) is 16.3 Å². The molecule has 126 valence electrons. The number of carbonyl (C=O) groups is 2. The number of nitrogen functional groups attached to an aromatic ring is 1. The summed E-state index contributed by atoms with van der Waals surface area (Å²) < 4.78 is 0. The SMILES string of the molecule is Cc1cc(NC(=O)O)ccc1-c1cnc(N)c(C(=O)NC(C)C)c1. The average molecular weight is 328 g/mol. The molecule has 1 aromatic heterocycles. The van der Waals surface area contributed by atoms with E-state index < -0.39 is 6.09 Å². The highest BCUT2D eigenvalue weighted by molar-refractivity contribution is 5.99. The summed E-state index contributed by atoms with van der Waals surface area (Å²) in [4.78, 5) is 27.0. The van der Waals surface area contributed by atoms with Gasteiger partial charge >= 0.3 is 6.09 Å². The maximum Gasteiger partial charge on any atom is 0.409 e. The molecule has 0 aliphatic carbocycles. The standard InChI is InChI=1S/C17H20N4O3/c1-9(2)20-16(22)14-7-11(8-19-15(14)18)13-5-4-12(6-10(13)3)21-17(23)24/h4-9,21H,1-3H3,(H2,18,19)(H,20,22)(H,23,24). The third-order valence-electron chi connectivity index (χ3n) is 3.37. The maximum absolute atomic E-state index is 12.2. The van der Waals surface area contributed by atoms with E-state index in [1.54, 1.807) is 30.5 Å². The number of nitrogens with zero attached hydrogens (tertiary/aromatic N) is 1. The normalized spacial score (nSPS) is 10.5. The number of nitrogens with two attached hydrogens (primary N) is 1. The van der Waals surface area contributed by atoms with Crippen molar-refractivity contribution in [3.05, 3.63) is 41.6 Å². The molecule has 5 N–H and O–H groups in total. The molecule has 0 aliphatic rings. The van der Waals surface area contributed by atoms with E-state index >= 15 is 0 Å². The first kappa shape index (κ1) is 17.3. The minimum Gasteiger partial charge on any atom is -0.465 e. The Hall–Kier alpha value is -3.09. The van der Waals surface area contributed by atoms with E-state index in [2.05, 4.69) is 15.6 Å². The number of hydrogen-bond donors (Lipinski definition) is 4. The Morgan fingerprint density at radius 1 is 1.25 bits per heavy atom. The number of hydrogen-bond acceptors (Lipinski definition) is 4. The lowest BCUT2D eigenvalue weighted by Crippen LogP contribution is -2.30. The topological polar surface area (TPSA) is 117 Å². The predicted octanol–water partition coefficient (Wildman–Crippen LogP) is 2.87.